The van der Waals surface area contributed by atoms with E-state index in [-0.39, 0.29) is 17.9 Å². The van der Waals surface area contributed by atoms with Crippen LogP contribution in [0.3, 0.4) is 0 Å². The Morgan fingerprint density at radius 3 is 2.57 bits per heavy atom. The van der Waals surface area contributed by atoms with Gasteiger partial charge in [0.15, 0.2) is 5.78 Å². The van der Waals surface area contributed by atoms with E-state index in [1.807, 2.05) is 18.2 Å². The predicted octanol–water partition coefficient (Wildman–Crippen LogP) is 0.798. The number of Topliss-reactive ketones (excluding diaryl/α,β-unsaturated/α-hetero) is 1. The largest absolute Gasteiger partial charge is 0.370 e. The second kappa shape index (κ2) is 6.13. The molecule has 108 valence electrons. The van der Waals surface area contributed by atoms with Crippen molar-refractivity contribution in [2.45, 2.75) is 19.4 Å². The standard InChI is InChI=1S/C15H15N3O3/c1-9(19)13(8-14(16)20)18-15(21)12-7-6-10-4-2-3-5-11(10)17-12/h2-7,13H,8H2,1H3,(H2,16,20)(H,18,21). The number of ketones is 1. The normalized spacial score (nSPS) is 11.9. The van der Waals surface area contributed by atoms with Gasteiger partial charge < -0.3 is 11.1 Å². The molecular weight excluding hydrogens is 270 g/mol. The molecular formula is C15H15N3O3. The van der Waals surface area contributed by atoms with Gasteiger partial charge in [-0.25, -0.2) is 4.98 Å². The van der Waals surface area contributed by atoms with E-state index in [0.717, 1.165) is 5.39 Å². The van der Waals surface area contributed by atoms with E-state index in [1.165, 1.54) is 6.92 Å². The van der Waals surface area contributed by atoms with Crippen LogP contribution in [-0.2, 0) is 9.59 Å². The molecule has 2 aromatic rings. The summed E-state index contributed by atoms with van der Waals surface area (Å²) in [6.07, 6.45) is -0.228. The van der Waals surface area contributed by atoms with Crippen LogP contribution in [0.2, 0.25) is 0 Å². The Labute approximate surface area is 121 Å². The number of hydrogen-bond donors (Lipinski definition) is 2. The molecule has 1 aromatic heterocycles. The highest BCUT2D eigenvalue weighted by molar-refractivity contribution is 5.98. The van der Waals surface area contributed by atoms with Crippen LogP contribution in [-0.4, -0.2) is 28.6 Å². The van der Waals surface area contributed by atoms with Crippen molar-refractivity contribution in [2.24, 2.45) is 5.73 Å². The van der Waals surface area contributed by atoms with Gasteiger partial charge in [0.2, 0.25) is 5.91 Å². The maximum Gasteiger partial charge on any atom is 0.270 e. The van der Waals surface area contributed by atoms with Crippen LogP contribution in [0.4, 0.5) is 0 Å². The van der Waals surface area contributed by atoms with Crippen molar-refractivity contribution in [1.29, 1.82) is 0 Å². The molecule has 1 unspecified atom stereocenters. The van der Waals surface area contributed by atoms with Crippen LogP contribution in [0.5, 0.6) is 0 Å². The molecule has 0 radical (unpaired) electrons. The van der Waals surface area contributed by atoms with Crippen molar-refractivity contribution < 1.29 is 14.4 Å². The number of hydrogen-bond acceptors (Lipinski definition) is 4. The first-order valence-electron chi connectivity index (χ1n) is 6.43. The SMILES string of the molecule is CC(=O)C(CC(N)=O)NC(=O)c1ccc2ccccc2n1. The molecule has 1 aromatic carbocycles. The van der Waals surface area contributed by atoms with Gasteiger partial charge in [-0.1, -0.05) is 24.3 Å². The Kier molecular flexibility index (Phi) is 4.27. The first-order chi connectivity index (χ1) is 9.97. The second-order valence-corrected chi connectivity index (χ2v) is 4.70. The lowest BCUT2D eigenvalue weighted by Crippen LogP contribution is -2.42. The van der Waals surface area contributed by atoms with Crippen LogP contribution < -0.4 is 11.1 Å². The first kappa shape index (κ1) is 14.6. The van der Waals surface area contributed by atoms with Gasteiger partial charge in [0.25, 0.3) is 5.91 Å². The molecule has 6 heteroatoms. The Morgan fingerprint density at radius 1 is 1.19 bits per heavy atom. The summed E-state index contributed by atoms with van der Waals surface area (Å²) in [7, 11) is 0. The minimum Gasteiger partial charge on any atom is -0.370 e. The number of rotatable bonds is 5. The van der Waals surface area contributed by atoms with Gasteiger partial charge >= 0.3 is 0 Å². The van der Waals surface area contributed by atoms with E-state index in [1.54, 1.807) is 18.2 Å². The lowest BCUT2D eigenvalue weighted by molar-refractivity contribution is -0.124. The highest BCUT2D eigenvalue weighted by Crippen LogP contribution is 2.12. The van der Waals surface area contributed by atoms with Crippen molar-refractivity contribution in [2.75, 3.05) is 0 Å². The number of amides is 2. The highest BCUT2D eigenvalue weighted by Gasteiger charge is 2.20. The van der Waals surface area contributed by atoms with Gasteiger partial charge in [-0.15, -0.1) is 0 Å². The number of fused-ring (bicyclic) bond motifs is 1. The molecule has 21 heavy (non-hydrogen) atoms. The summed E-state index contributed by atoms with van der Waals surface area (Å²) < 4.78 is 0. The summed E-state index contributed by atoms with van der Waals surface area (Å²) in [6, 6.07) is 9.79. The van der Waals surface area contributed by atoms with Gasteiger partial charge in [-0.05, 0) is 19.1 Å². The fourth-order valence-corrected chi connectivity index (χ4v) is 1.92. The third-order valence-electron chi connectivity index (χ3n) is 3.03. The number of nitrogens with one attached hydrogen (secondary N) is 1. The van der Waals surface area contributed by atoms with Crippen LogP contribution in [0.15, 0.2) is 36.4 Å². The number of para-hydroxylation sites is 1. The van der Waals surface area contributed by atoms with Crippen molar-refractivity contribution >= 4 is 28.5 Å². The zero-order chi connectivity index (χ0) is 15.4. The highest BCUT2D eigenvalue weighted by atomic mass is 16.2. The van der Waals surface area contributed by atoms with Crippen LogP contribution >= 0.6 is 0 Å². The van der Waals surface area contributed by atoms with E-state index in [9.17, 15) is 14.4 Å². The number of pyridine rings is 1. The number of benzene rings is 1. The van der Waals surface area contributed by atoms with Crippen molar-refractivity contribution in [3.63, 3.8) is 0 Å². The summed E-state index contributed by atoms with van der Waals surface area (Å²) in [5.74, 6) is -1.49. The molecule has 0 bridgehead atoms. The molecule has 0 fully saturated rings. The summed E-state index contributed by atoms with van der Waals surface area (Å²) in [6.45, 7) is 1.29. The van der Waals surface area contributed by atoms with Crippen LogP contribution in [0.1, 0.15) is 23.8 Å². The van der Waals surface area contributed by atoms with Gasteiger partial charge in [0.05, 0.1) is 18.0 Å². The van der Waals surface area contributed by atoms with Crippen LogP contribution in [0.25, 0.3) is 10.9 Å². The summed E-state index contributed by atoms with van der Waals surface area (Å²) in [4.78, 5) is 38.7. The maximum atomic E-state index is 12.1. The number of nitrogens with zero attached hydrogens (tertiary/aromatic N) is 1. The van der Waals surface area contributed by atoms with E-state index < -0.39 is 17.9 Å². The average molecular weight is 285 g/mol. The second-order valence-electron chi connectivity index (χ2n) is 4.70. The molecule has 1 atom stereocenters. The average Bonchev–Trinajstić information content (AvgIpc) is 2.45. The Hall–Kier alpha value is -2.76. The van der Waals surface area contributed by atoms with Crippen molar-refractivity contribution in [3.05, 3.63) is 42.1 Å². The van der Waals surface area contributed by atoms with Gasteiger partial charge in [-0.3, -0.25) is 14.4 Å². The molecule has 0 saturated carbocycles. The number of aromatic nitrogens is 1. The zero-order valence-corrected chi connectivity index (χ0v) is 11.5. The summed E-state index contributed by atoms with van der Waals surface area (Å²) in [5.41, 5.74) is 5.93. The quantitative estimate of drug-likeness (QED) is 0.848. The molecule has 2 rings (SSSR count). The fourth-order valence-electron chi connectivity index (χ4n) is 1.92. The fraction of sp³-hybridized carbons (Fsp3) is 0.200. The van der Waals surface area contributed by atoms with Crippen LogP contribution in [0, 0.1) is 0 Å². The third-order valence-corrected chi connectivity index (χ3v) is 3.03. The first-order valence-corrected chi connectivity index (χ1v) is 6.43. The third kappa shape index (κ3) is 3.62. The minimum absolute atomic E-state index is 0.185. The number of primary amides is 1. The van der Waals surface area contributed by atoms with Gasteiger partial charge in [-0.2, -0.15) is 0 Å². The number of carbonyl (C=O) groups excluding carboxylic acids is 3. The molecule has 6 nitrogen and oxygen atoms in total. The zero-order valence-electron chi connectivity index (χ0n) is 11.5. The molecule has 1 heterocycles. The molecule has 0 aliphatic heterocycles. The summed E-state index contributed by atoms with van der Waals surface area (Å²) >= 11 is 0. The molecule has 2 amide bonds. The van der Waals surface area contributed by atoms with E-state index in [2.05, 4.69) is 10.3 Å². The maximum absolute atomic E-state index is 12.1. The molecule has 0 saturated heterocycles. The number of carbonyl (C=O) groups is 3. The smallest absolute Gasteiger partial charge is 0.270 e. The van der Waals surface area contributed by atoms with Gasteiger partial charge in [0.1, 0.15) is 5.69 Å². The monoisotopic (exact) mass is 285 g/mol. The van der Waals surface area contributed by atoms with E-state index in [4.69, 9.17) is 5.73 Å². The van der Waals surface area contributed by atoms with E-state index in [0.29, 0.717) is 5.52 Å². The molecule has 0 spiro atoms. The Bertz CT molecular complexity index is 712. The molecule has 0 aliphatic rings. The lowest BCUT2D eigenvalue weighted by Gasteiger charge is -2.14. The Balaban J connectivity index is 2.20. The number of nitrogens with two attached hydrogens (primary N) is 1. The van der Waals surface area contributed by atoms with Gasteiger partial charge in [0, 0.05) is 5.39 Å². The lowest BCUT2D eigenvalue weighted by atomic mass is 10.1. The minimum atomic E-state index is -0.928. The predicted molar refractivity (Wildman–Crippen MR) is 77.5 cm³/mol. The molecule has 3 N–H and O–H groups in total. The topological polar surface area (TPSA) is 102 Å². The molecule has 0 aliphatic carbocycles. The Morgan fingerprint density at radius 2 is 1.90 bits per heavy atom. The summed E-state index contributed by atoms with van der Waals surface area (Å²) in [5, 5.41) is 3.39. The van der Waals surface area contributed by atoms with Crippen molar-refractivity contribution in [1.82, 2.24) is 10.3 Å². The van der Waals surface area contributed by atoms with E-state index >= 15 is 0 Å². The van der Waals surface area contributed by atoms with Crippen molar-refractivity contribution in [3.8, 4) is 0 Å².